The average molecular weight is 435 g/mol. The van der Waals surface area contributed by atoms with Crippen LogP contribution in [-0.2, 0) is 6.42 Å². The van der Waals surface area contributed by atoms with Gasteiger partial charge in [-0.15, -0.1) is 0 Å². The lowest BCUT2D eigenvalue weighted by Gasteiger charge is -2.33. The number of halogens is 2. The largest absolute Gasteiger partial charge is 0.352 e. The normalized spacial score (nSPS) is 16.6. The molecule has 2 amide bonds. The van der Waals surface area contributed by atoms with Gasteiger partial charge >= 0.3 is 0 Å². The van der Waals surface area contributed by atoms with Crippen molar-refractivity contribution >= 4 is 35.0 Å². The first kappa shape index (κ1) is 21.5. The average Bonchev–Trinajstić information content (AvgIpc) is 2.71. The number of likely N-dealkylation sites (tertiary alicyclic amines) is 1. The SMILES string of the molecule is CCc1nc(C)ncc1C(=O)N1CCC[C@H](CNC(=O)c2c(Cl)cccc2Cl)C1. The van der Waals surface area contributed by atoms with Gasteiger partial charge in [-0.2, -0.15) is 0 Å². The summed E-state index contributed by atoms with van der Waals surface area (Å²) in [5.74, 6) is 0.474. The minimum atomic E-state index is -0.302. The molecule has 154 valence electrons. The Labute approximate surface area is 180 Å². The van der Waals surface area contributed by atoms with Crippen LogP contribution < -0.4 is 5.32 Å². The van der Waals surface area contributed by atoms with Gasteiger partial charge in [0.05, 0.1) is 26.9 Å². The third-order valence-corrected chi connectivity index (χ3v) is 5.73. The fraction of sp³-hybridized carbons (Fsp3) is 0.429. The molecule has 29 heavy (non-hydrogen) atoms. The second-order valence-electron chi connectivity index (χ2n) is 7.20. The predicted molar refractivity (Wildman–Crippen MR) is 114 cm³/mol. The van der Waals surface area contributed by atoms with Gasteiger partial charge in [-0.1, -0.05) is 36.2 Å². The van der Waals surface area contributed by atoms with Crippen LogP contribution >= 0.6 is 23.2 Å². The van der Waals surface area contributed by atoms with Crippen molar-refractivity contribution in [2.24, 2.45) is 5.92 Å². The summed E-state index contributed by atoms with van der Waals surface area (Å²) in [4.78, 5) is 35.9. The third-order valence-electron chi connectivity index (χ3n) is 5.10. The summed E-state index contributed by atoms with van der Waals surface area (Å²) in [6.07, 6.45) is 4.11. The molecule has 0 spiro atoms. The van der Waals surface area contributed by atoms with Crippen molar-refractivity contribution < 1.29 is 9.59 Å². The lowest BCUT2D eigenvalue weighted by molar-refractivity contribution is 0.0669. The number of carbonyl (C=O) groups excluding carboxylic acids is 2. The smallest absolute Gasteiger partial charge is 0.257 e. The van der Waals surface area contributed by atoms with E-state index in [4.69, 9.17) is 23.2 Å². The summed E-state index contributed by atoms with van der Waals surface area (Å²) in [6.45, 7) is 5.52. The van der Waals surface area contributed by atoms with E-state index in [9.17, 15) is 9.59 Å². The number of piperidine rings is 1. The van der Waals surface area contributed by atoms with Crippen molar-refractivity contribution in [3.8, 4) is 0 Å². The van der Waals surface area contributed by atoms with Crippen LogP contribution in [0, 0.1) is 12.8 Å². The van der Waals surface area contributed by atoms with E-state index in [2.05, 4.69) is 15.3 Å². The lowest BCUT2D eigenvalue weighted by atomic mass is 9.97. The summed E-state index contributed by atoms with van der Waals surface area (Å²) >= 11 is 12.2. The number of nitrogens with zero attached hydrogens (tertiary/aromatic N) is 3. The second kappa shape index (κ2) is 9.55. The third kappa shape index (κ3) is 5.06. The monoisotopic (exact) mass is 434 g/mol. The van der Waals surface area contributed by atoms with Crippen molar-refractivity contribution in [1.82, 2.24) is 20.2 Å². The Balaban J connectivity index is 1.64. The van der Waals surface area contributed by atoms with Crippen LogP contribution in [0.5, 0.6) is 0 Å². The number of hydrogen-bond acceptors (Lipinski definition) is 4. The maximum absolute atomic E-state index is 13.0. The van der Waals surface area contributed by atoms with Gasteiger partial charge in [-0.25, -0.2) is 9.97 Å². The quantitative estimate of drug-likeness (QED) is 0.772. The molecule has 1 N–H and O–H groups in total. The molecule has 0 bridgehead atoms. The molecule has 1 aliphatic heterocycles. The summed E-state index contributed by atoms with van der Waals surface area (Å²) in [5, 5.41) is 3.55. The Hall–Kier alpha value is -2.18. The molecule has 1 aromatic carbocycles. The van der Waals surface area contributed by atoms with Crippen LogP contribution in [-0.4, -0.2) is 46.3 Å². The highest BCUT2D eigenvalue weighted by Crippen LogP contribution is 2.24. The van der Waals surface area contributed by atoms with Crippen molar-refractivity contribution in [2.45, 2.75) is 33.1 Å². The molecule has 8 heteroatoms. The van der Waals surface area contributed by atoms with Gasteiger partial charge in [0, 0.05) is 25.8 Å². The Morgan fingerprint density at radius 2 is 2.00 bits per heavy atom. The fourth-order valence-corrected chi connectivity index (χ4v) is 4.16. The van der Waals surface area contributed by atoms with Crippen LogP contribution in [0.3, 0.4) is 0 Å². The van der Waals surface area contributed by atoms with Gasteiger partial charge < -0.3 is 10.2 Å². The van der Waals surface area contributed by atoms with Crippen LogP contribution in [0.1, 0.15) is 52.0 Å². The zero-order valence-corrected chi connectivity index (χ0v) is 18.1. The highest BCUT2D eigenvalue weighted by Gasteiger charge is 2.27. The number of amides is 2. The maximum Gasteiger partial charge on any atom is 0.257 e. The van der Waals surface area contributed by atoms with E-state index in [-0.39, 0.29) is 23.3 Å². The molecule has 1 aromatic heterocycles. The van der Waals surface area contributed by atoms with Crippen molar-refractivity contribution in [1.29, 1.82) is 0 Å². The number of aromatic nitrogens is 2. The Kier molecular flexibility index (Phi) is 7.09. The van der Waals surface area contributed by atoms with Gasteiger partial charge in [0.25, 0.3) is 11.8 Å². The van der Waals surface area contributed by atoms with Gasteiger partial charge in [0.1, 0.15) is 5.82 Å². The van der Waals surface area contributed by atoms with Crippen LogP contribution in [0.2, 0.25) is 10.0 Å². The molecule has 1 aliphatic rings. The van der Waals surface area contributed by atoms with E-state index >= 15 is 0 Å². The second-order valence-corrected chi connectivity index (χ2v) is 8.01. The van der Waals surface area contributed by atoms with E-state index in [1.54, 1.807) is 24.4 Å². The van der Waals surface area contributed by atoms with Gasteiger partial charge in [-0.3, -0.25) is 9.59 Å². The zero-order valence-electron chi connectivity index (χ0n) is 16.5. The molecule has 6 nitrogen and oxygen atoms in total. The molecule has 0 radical (unpaired) electrons. The van der Waals surface area contributed by atoms with Crippen molar-refractivity contribution in [2.75, 3.05) is 19.6 Å². The highest BCUT2D eigenvalue weighted by atomic mass is 35.5. The molecule has 0 saturated carbocycles. The molecule has 1 saturated heterocycles. The number of carbonyl (C=O) groups is 2. The number of hydrogen-bond donors (Lipinski definition) is 1. The van der Waals surface area contributed by atoms with Crippen LogP contribution in [0.15, 0.2) is 24.4 Å². The highest BCUT2D eigenvalue weighted by molar-refractivity contribution is 6.39. The van der Waals surface area contributed by atoms with Gasteiger partial charge in [0.15, 0.2) is 0 Å². The van der Waals surface area contributed by atoms with Crippen LogP contribution in [0.25, 0.3) is 0 Å². The lowest BCUT2D eigenvalue weighted by Crippen LogP contribution is -2.44. The van der Waals surface area contributed by atoms with Gasteiger partial charge in [0.2, 0.25) is 0 Å². The molecule has 0 unspecified atom stereocenters. The van der Waals surface area contributed by atoms with Crippen molar-refractivity contribution in [3.05, 3.63) is 57.1 Å². The minimum Gasteiger partial charge on any atom is -0.352 e. The molecule has 2 aromatic rings. The van der Waals surface area contributed by atoms with Crippen LogP contribution in [0.4, 0.5) is 0 Å². The van der Waals surface area contributed by atoms with E-state index in [1.165, 1.54) is 0 Å². The molecule has 2 heterocycles. The number of nitrogens with one attached hydrogen (secondary N) is 1. The van der Waals surface area contributed by atoms with E-state index in [0.717, 1.165) is 18.5 Å². The molecular weight excluding hydrogens is 411 g/mol. The molecule has 0 aliphatic carbocycles. The predicted octanol–water partition coefficient (Wildman–Crippen LogP) is 3.94. The maximum atomic E-state index is 13.0. The fourth-order valence-electron chi connectivity index (χ4n) is 3.59. The molecule has 1 fully saturated rings. The van der Waals surface area contributed by atoms with Gasteiger partial charge in [-0.05, 0) is 44.2 Å². The first-order valence-corrected chi connectivity index (χ1v) is 10.5. The van der Waals surface area contributed by atoms with Crippen molar-refractivity contribution in [3.63, 3.8) is 0 Å². The molecule has 3 rings (SSSR count). The number of aryl methyl sites for hydroxylation is 2. The zero-order chi connectivity index (χ0) is 21.0. The van der Waals surface area contributed by atoms with E-state index < -0.39 is 0 Å². The summed E-state index contributed by atoms with van der Waals surface area (Å²) in [6, 6.07) is 4.97. The standard InChI is InChI=1S/C21H24Cl2N4O2/c1-3-18-15(11-24-13(2)26-18)21(29)27-9-5-6-14(12-27)10-25-20(28)19-16(22)7-4-8-17(19)23/h4,7-8,11,14H,3,5-6,9-10,12H2,1-2H3,(H,25,28)/t14-/m1/s1. The topological polar surface area (TPSA) is 75.2 Å². The summed E-state index contributed by atoms with van der Waals surface area (Å²) < 4.78 is 0. The number of rotatable bonds is 5. The first-order valence-electron chi connectivity index (χ1n) is 9.74. The summed E-state index contributed by atoms with van der Waals surface area (Å²) in [5.41, 5.74) is 1.61. The molecule has 1 atom stereocenters. The Bertz CT molecular complexity index is 899. The first-order chi connectivity index (χ1) is 13.9. The van der Waals surface area contributed by atoms with E-state index in [0.29, 0.717) is 47.5 Å². The Morgan fingerprint density at radius 1 is 1.28 bits per heavy atom. The molecular formula is C21H24Cl2N4O2. The minimum absolute atomic E-state index is 0.0491. The Morgan fingerprint density at radius 3 is 2.69 bits per heavy atom. The summed E-state index contributed by atoms with van der Waals surface area (Å²) in [7, 11) is 0. The number of benzene rings is 1. The van der Waals surface area contributed by atoms with E-state index in [1.807, 2.05) is 18.7 Å².